The molecule has 2 aliphatic rings. The van der Waals surface area contributed by atoms with Crippen molar-refractivity contribution >= 4 is 35.3 Å². The van der Waals surface area contributed by atoms with Crippen LogP contribution in [0.3, 0.4) is 0 Å². The molecule has 0 saturated carbocycles. The number of halogens is 4. The Morgan fingerprint density at radius 2 is 1.73 bits per heavy atom. The molecule has 0 aliphatic carbocycles. The predicted molar refractivity (Wildman–Crippen MR) is 147 cm³/mol. The van der Waals surface area contributed by atoms with Gasteiger partial charge >= 0.3 is 24.2 Å². The Bertz CT molecular complexity index is 1300. The molecule has 2 aromatic carbocycles. The highest BCUT2D eigenvalue weighted by Crippen LogP contribution is 2.32. The van der Waals surface area contributed by atoms with Crippen molar-refractivity contribution in [3.8, 4) is 0 Å². The lowest BCUT2D eigenvalue weighted by Gasteiger charge is -2.36. The molecule has 4 amide bonds. The van der Waals surface area contributed by atoms with Gasteiger partial charge in [-0.2, -0.15) is 13.2 Å². The lowest BCUT2D eigenvalue weighted by molar-refractivity contribution is -0.139. The molecule has 1 atom stereocenters. The first kappa shape index (κ1) is 30.2. The zero-order valence-electron chi connectivity index (χ0n) is 22.6. The Balaban J connectivity index is 1.50. The normalized spacial score (nSPS) is 18.6. The molecule has 4 rings (SSSR count). The van der Waals surface area contributed by atoms with Crippen molar-refractivity contribution in [1.82, 2.24) is 20.0 Å². The molecule has 9 nitrogen and oxygen atoms in total. The van der Waals surface area contributed by atoms with Crippen LogP contribution in [0.5, 0.6) is 0 Å². The summed E-state index contributed by atoms with van der Waals surface area (Å²) in [6.45, 7) is 3.93. The molecule has 2 aliphatic heterocycles. The minimum absolute atomic E-state index is 0.160. The van der Waals surface area contributed by atoms with E-state index in [1.54, 1.807) is 43.1 Å². The molecule has 0 spiro atoms. The molecule has 2 N–H and O–H groups in total. The number of likely N-dealkylation sites (N-methyl/N-ethyl adjacent to an activating group) is 1. The summed E-state index contributed by atoms with van der Waals surface area (Å²) in [5, 5.41) is 6.04. The first-order chi connectivity index (χ1) is 19.5. The van der Waals surface area contributed by atoms with E-state index in [0.29, 0.717) is 54.5 Å². The molecule has 0 unspecified atom stereocenters. The first-order valence-electron chi connectivity index (χ1n) is 13.1. The second kappa shape index (κ2) is 12.8. The maximum atomic E-state index is 13.2. The third kappa shape index (κ3) is 7.31. The molecular formula is C28H31ClF3N5O4. The quantitative estimate of drug-likeness (QED) is 0.454. The number of hydrogen-bond acceptors (Lipinski definition) is 5. The van der Waals surface area contributed by atoms with Gasteiger partial charge in [0, 0.05) is 56.2 Å². The second-order valence-corrected chi connectivity index (χ2v) is 10.1. The number of carbonyl (C=O) groups is 3. The summed E-state index contributed by atoms with van der Waals surface area (Å²) in [4.78, 5) is 44.0. The van der Waals surface area contributed by atoms with Crippen LogP contribution in [0.4, 0.5) is 28.4 Å². The molecule has 2 aromatic rings. The summed E-state index contributed by atoms with van der Waals surface area (Å²) in [6.07, 6.45) is -3.85. The molecule has 0 bridgehead atoms. The van der Waals surface area contributed by atoms with Gasteiger partial charge < -0.3 is 20.3 Å². The van der Waals surface area contributed by atoms with Crippen molar-refractivity contribution in [2.75, 3.05) is 51.7 Å². The molecule has 13 heteroatoms. The van der Waals surface area contributed by atoms with E-state index >= 15 is 0 Å². The highest BCUT2D eigenvalue weighted by atomic mass is 35.5. The molecule has 220 valence electrons. The molecular weight excluding hydrogens is 563 g/mol. The van der Waals surface area contributed by atoms with Gasteiger partial charge in [-0.1, -0.05) is 23.7 Å². The van der Waals surface area contributed by atoms with Gasteiger partial charge in [0.15, 0.2) is 0 Å². The molecule has 1 fully saturated rings. The third-order valence-electron chi connectivity index (χ3n) is 6.99. The van der Waals surface area contributed by atoms with Crippen LogP contribution >= 0.6 is 11.6 Å². The van der Waals surface area contributed by atoms with E-state index in [-0.39, 0.29) is 24.9 Å². The van der Waals surface area contributed by atoms with Crippen molar-refractivity contribution in [2.45, 2.75) is 25.6 Å². The van der Waals surface area contributed by atoms with E-state index in [2.05, 4.69) is 10.6 Å². The van der Waals surface area contributed by atoms with E-state index in [0.717, 1.165) is 12.1 Å². The monoisotopic (exact) mass is 593 g/mol. The molecule has 1 saturated heterocycles. The number of carbonyl (C=O) groups excluding carboxylic acids is 3. The van der Waals surface area contributed by atoms with Crippen LogP contribution in [0.15, 0.2) is 59.8 Å². The van der Waals surface area contributed by atoms with Gasteiger partial charge in [0.25, 0.3) is 0 Å². The minimum atomic E-state index is -4.46. The van der Waals surface area contributed by atoms with Crippen molar-refractivity contribution in [2.24, 2.45) is 0 Å². The summed E-state index contributed by atoms with van der Waals surface area (Å²) in [5.74, 6) is -0.540. The standard InChI is InChI=1S/C28H31ClF3N5O4/c1-3-41-25(38)23-22(35(2)26(39)34-24(23)18-5-9-20(29)10-6-18)17-36-13-4-14-37(16-15-36)27(40)33-21-11-7-19(8-12-21)28(30,31)32/h5-12,24H,3-4,13-17H2,1-2H3,(H,33,40)(H,34,39)/t24-/m1/s1. The second-order valence-electron chi connectivity index (χ2n) is 9.70. The number of alkyl halides is 3. The van der Waals surface area contributed by atoms with E-state index in [1.165, 1.54) is 17.0 Å². The number of rotatable bonds is 6. The van der Waals surface area contributed by atoms with Crippen LogP contribution in [0, 0.1) is 0 Å². The van der Waals surface area contributed by atoms with Gasteiger partial charge in [0.1, 0.15) is 0 Å². The van der Waals surface area contributed by atoms with Gasteiger partial charge in [-0.05, 0) is 55.3 Å². The maximum absolute atomic E-state index is 13.2. The highest BCUT2D eigenvalue weighted by Gasteiger charge is 2.37. The Labute approximate surface area is 240 Å². The number of hydrogen-bond donors (Lipinski definition) is 2. The topological polar surface area (TPSA) is 94.2 Å². The molecule has 2 heterocycles. The molecule has 0 aromatic heterocycles. The number of nitrogens with one attached hydrogen (secondary N) is 2. The lowest BCUT2D eigenvalue weighted by Crippen LogP contribution is -2.49. The summed E-state index contributed by atoms with van der Waals surface area (Å²) in [7, 11) is 1.59. The Kier molecular flexibility index (Phi) is 9.44. The number of nitrogens with zero attached hydrogens (tertiary/aromatic N) is 3. The smallest absolute Gasteiger partial charge is 0.416 e. The maximum Gasteiger partial charge on any atom is 0.416 e. The number of amides is 4. The SMILES string of the molecule is CCOC(=O)C1=C(CN2CCCN(C(=O)Nc3ccc(C(F)(F)F)cc3)CC2)N(C)C(=O)N[C@@H]1c1ccc(Cl)cc1. The highest BCUT2D eigenvalue weighted by molar-refractivity contribution is 6.30. The van der Waals surface area contributed by atoms with E-state index < -0.39 is 29.8 Å². The number of benzene rings is 2. The number of urea groups is 2. The van der Waals surface area contributed by atoms with Gasteiger partial charge in [0.2, 0.25) is 0 Å². The fraction of sp³-hybridized carbons (Fsp3) is 0.393. The van der Waals surface area contributed by atoms with Crippen molar-refractivity contribution in [3.05, 3.63) is 76.0 Å². The average molecular weight is 594 g/mol. The minimum Gasteiger partial charge on any atom is -0.463 e. The van der Waals surface area contributed by atoms with Crippen LogP contribution in [0.25, 0.3) is 0 Å². The van der Waals surface area contributed by atoms with Crippen LogP contribution in [-0.2, 0) is 15.7 Å². The lowest BCUT2D eigenvalue weighted by atomic mass is 9.94. The van der Waals surface area contributed by atoms with Crippen molar-refractivity contribution in [3.63, 3.8) is 0 Å². The average Bonchev–Trinajstić information content (AvgIpc) is 3.17. The summed E-state index contributed by atoms with van der Waals surface area (Å²) in [5.41, 5.74) is 0.958. The van der Waals surface area contributed by atoms with Crippen molar-refractivity contribution in [1.29, 1.82) is 0 Å². The van der Waals surface area contributed by atoms with Crippen LogP contribution in [-0.4, -0.2) is 79.1 Å². The summed E-state index contributed by atoms with van der Waals surface area (Å²) in [6, 6.07) is 9.60. The fourth-order valence-corrected chi connectivity index (χ4v) is 4.92. The van der Waals surface area contributed by atoms with E-state index in [4.69, 9.17) is 16.3 Å². The van der Waals surface area contributed by atoms with Crippen molar-refractivity contribution < 1.29 is 32.3 Å². The molecule has 41 heavy (non-hydrogen) atoms. The number of esters is 1. The zero-order valence-corrected chi connectivity index (χ0v) is 23.4. The Hall–Kier alpha value is -3.77. The zero-order chi connectivity index (χ0) is 29.7. The number of anilines is 1. The van der Waals surface area contributed by atoms with E-state index in [1.807, 2.05) is 4.90 Å². The predicted octanol–water partition coefficient (Wildman–Crippen LogP) is 5.11. The van der Waals surface area contributed by atoms with Gasteiger partial charge in [0.05, 0.1) is 23.8 Å². The van der Waals surface area contributed by atoms with Crippen LogP contribution < -0.4 is 10.6 Å². The largest absolute Gasteiger partial charge is 0.463 e. The summed E-state index contributed by atoms with van der Waals surface area (Å²) < 4.78 is 43.9. The van der Waals surface area contributed by atoms with Gasteiger partial charge in [-0.3, -0.25) is 9.80 Å². The molecule has 0 radical (unpaired) electrons. The third-order valence-corrected chi connectivity index (χ3v) is 7.24. The first-order valence-corrected chi connectivity index (χ1v) is 13.5. The van der Waals surface area contributed by atoms with Gasteiger partial charge in [-0.15, -0.1) is 0 Å². The number of ether oxygens (including phenoxy) is 1. The van der Waals surface area contributed by atoms with Gasteiger partial charge in [-0.25, -0.2) is 14.4 Å². The van der Waals surface area contributed by atoms with E-state index in [9.17, 15) is 27.6 Å². The Morgan fingerprint density at radius 3 is 2.37 bits per heavy atom. The summed E-state index contributed by atoms with van der Waals surface area (Å²) >= 11 is 6.05. The Morgan fingerprint density at radius 1 is 1.05 bits per heavy atom. The van der Waals surface area contributed by atoms with Crippen LogP contribution in [0.1, 0.15) is 30.5 Å². The van der Waals surface area contributed by atoms with Crippen LogP contribution in [0.2, 0.25) is 5.02 Å². The fourth-order valence-electron chi connectivity index (χ4n) is 4.79.